The third-order valence-corrected chi connectivity index (χ3v) is 3.38. The average molecular weight is 321 g/mol. The molecule has 22 heavy (non-hydrogen) atoms. The SMILES string of the molecule is O=C1C[C@@H](c2c(F)cc(OC(F)F)cc2F)[C@H](C(=O)O)CN1. The lowest BCUT2D eigenvalue weighted by Crippen LogP contribution is -2.43. The molecule has 5 nitrogen and oxygen atoms in total. The number of amides is 1. The highest BCUT2D eigenvalue weighted by molar-refractivity contribution is 5.82. The third kappa shape index (κ3) is 3.29. The number of carboxylic acid groups (broad SMARTS) is 1. The van der Waals surface area contributed by atoms with E-state index in [1.54, 1.807) is 0 Å². The molecule has 1 fully saturated rings. The fourth-order valence-electron chi connectivity index (χ4n) is 2.43. The van der Waals surface area contributed by atoms with Crippen molar-refractivity contribution in [2.24, 2.45) is 5.92 Å². The zero-order chi connectivity index (χ0) is 16.4. The van der Waals surface area contributed by atoms with E-state index in [9.17, 15) is 27.2 Å². The Morgan fingerprint density at radius 3 is 2.41 bits per heavy atom. The molecule has 9 heteroatoms. The van der Waals surface area contributed by atoms with E-state index < -0.39 is 59.7 Å². The molecule has 1 aliphatic rings. The summed E-state index contributed by atoms with van der Waals surface area (Å²) in [5.41, 5.74) is -0.621. The smallest absolute Gasteiger partial charge is 0.387 e. The number of benzene rings is 1. The number of piperidine rings is 1. The van der Waals surface area contributed by atoms with Gasteiger partial charge in [-0.3, -0.25) is 9.59 Å². The molecule has 0 unspecified atom stereocenters. The standard InChI is InChI=1S/C13H11F4NO4/c14-8-1-5(22-13(16)17)2-9(15)11(8)6-3-10(19)18-4-7(6)12(20)21/h1-2,6-7,13H,3-4H2,(H,18,19)(H,20,21)/t6-,7-/m1/s1. The van der Waals surface area contributed by atoms with Crippen molar-refractivity contribution in [3.8, 4) is 5.75 Å². The van der Waals surface area contributed by atoms with Crippen LogP contribution in [-0.4, -0.2) is 30.1 Å². The second-order valence-electron chi connectivity index (χ2n) is 4.74. The first-order valence-electron chi connectivity index (χ1n) is 6.23. The molecule has 0 aliphatic carbocycles. The summed E-state index contributed by atoms with van der Waals surface area (Å²) in [4.78, 5) is 22.5. The molecule has 2 rings (SSSR count). The van der Waals surface area contributed by atoms with E-state index in [0.717, 1.165) is 0 Å². The molecule has 1 aromatic rings. The molecule has 120 valence electrons. The van der Waals surface area contributed by atoms with Crippen LogP contribution in [0, 0.1) is 17.6 Å². The van der Waals surface area contributed by atoms with Gasteiger partial charge in [0.25, 0.3) is 0 Å². The van der Waals surface area contributed by atoms with Gasteiger partial charge in [-0.1, -0.05) is 0 Å². The van der Waals surface area contributed by atoms with E-state index >= 15 is 0 Å². The second kappa shape index (κ2) is 6.20. The summed E-state index contributed by atoms with van der Waals surface area (Å²) in [6.07, 6.45) is -0.417. The summed E-state index contributed by atoms with van der Waals surface area (Å²) in [5, 5.41) is 11.4. The van der Waals surface area contributed by atoms with Crippen molar-refractivity contribution >= 4 is 11.9 Å². The Morgan fingerprint density at radius 1 is 1.32 bits per heavy atom. The van der Waals surface area contributed by atoms with Gasteiger partial charge < -0.3 is 15.2 Å². The summed E-state index contributed by atoms with van der Waals surface area (Å²) in [6.45, 7) is -3.52. The molecule has 0 aromatic heterocycles. The van der Waals surface area contributed by atoms with Crippen LogP contribution >= 0.6 is 0 Å². The summed E-state index contributed by atoms with van der Waals surface area (Å²) >= 11 is 0. The highest BCUT2D eigenvalue weighted by Crippen LogP contribution is 2.36. The van der Waals surface area contributed by atoms with Gasteiger partial charge in [-0.25, -0.2) is 8.78 Å². The van der Waals surface area contributed by atoms with Crippen molar-refractivity contribution in [2.75, 3.05) is 6.54 Å². The molecule has 0 radical (unpaired) electrons. The number of carboxylic acids is 1. The van der Waals surface area contributed by atoms with Gasteiger partial charge in [-0.15, -0.1) is 0 Å². The van der Waals surface area contributed by atoms with Gasteiger partial charge in [0.1, 0.15) is 17.4 Å². The van der Waals surface area contributed by atoms with E-state index in [-0.39, 0.29) is 6.54 Å². The van der Waals surface area contributed by atoms with Crippen LogP contribution in [0.15, 0.2) is 12.1 Å². The Morgan fingerprint density at radius 2 is 1.91 bits per heavy atom. The molecule has 0 saturated carbocycles. The Labute approximate surface area is 121 Å². The fourth-order valence-corrected chi connectivity index (χ4v) is 2.43. The van der Waals surface area contributed by atoms with Gasteiger partial charge in [0, 0.05) is 36.6 Å². The predicted molar refractivity (Wildman–Crippen MR) is 64.5 cm³/mol. The van der Waals surface area contributed by atoms with Crippen LogP contribution < -0.4 is 10.1 Å². The van der Waals surface area contributed by atoms with Gasteiger partial charge in [0.05, 0.1) is 5.92 Å². The number of halogens is 4. The van der Waals surface area contributed by atoms with Crippen molar-refractivity contribution in [3.63, 3.8) is 0 Å². The molecule has 0 spiro atoms. The lowest BCUT2D eigenvalue weighted by molar-refractivity contribution is -0.144. The number of hydrogen-bond donors (Lipinski definition) is 2. The zero-order valence-electron chi connectivity index (χ0n) is 11.0. The van der Waals surface area contributed by atoms with Gasteiger partial charge in [-0.2, -0.15) is 8.78 Å². The van der Waals surface area contributed by atoms with Crippen LogP contribution in [0.3, 0.4) is 0 Å². The minimum Gasteiger partial charge on any atom is -0.481 e. The molecule has 1 aliphatic heterocycles. The van der Waals surface area contributed by atoms with Crippen LogP contribution in [0.4, 0.5) is 17.6 Å². The first-order valence-corrected chi connectivity index (χ1v) is 6.23. The minimum atomic E-state index is -3.25. The lowest BCUT2D eigenvalue weighted by Gasteiger charge is -2.29. The van der Waals surface area contributed by atoms with Crippen LogP contribution in [0.1, 0.15) is 17.9 Å². The first kappa shape index (κ1) is 16.1. The maximum Gasteiger partial charge on any atom is 0.387 e. The van der Waals surface area contributed by atoms with Crippen molar-refractivity contribution in [3.05, 3.63) is 29.3 Å². The number of carbonyl (C=O) groups is 2. The van der Waals surface area contributed by atoms with Gasteiger partial charge in [0.15, 0.2) is 0 Å². The van der Waals surface area contributed by atoms with Crippen molar-refractivity contribution in [2.45, 2.75) is 19.0 Å². The van der Waals surface area contributed by atoms with Crippen LogP contribution in [0.5, 0.6) is 5.75 Å². The molecule has 1 saturated heterocycles. The molecular formula is C13H11F4NO4. The monoisotopic (exact) mass is 321 g/mol. The number of carbonyl (C=O) groups excluding carboxylic acids is 1. The van der Waals surface area contributed by atoms with Crippen molar-refractivity contribution < 1.29 is 37.0 Å². The van der Waals surface area contributed by atoms with Crippen LogP contribution in [0.2, 0.25) is 0 Å². The van der Waals surface area contributed by atoms with E-state index in [1.807, 2.05) is 0 Å². The van der Waals surface area contributed by atoms with Crippen LogP contribution in [-0.2, 0) is 9.59 Å². The lowest BCUT2D eigenvalue weighted by atomic mass is 9.80. The van der Waals surface area contributed by atoms with Crippen molar-refractivity contribution in [1.29, 1.82) is 0 Å². The molecule has 2 atom stereocenters. The summed E-state index contributed by atoms with van der Waals surface area (Å²) in [7, 11) is 0. The summed E-state index contributed by atoms with van der Waals surface area (Å²) < 4.78 is 56.1. The average Bonchev–Trinajstić information content (AvgIpc) is 2.36. The highest BCUT2D eigenvalue weighted by atomic mass is 19.3. The van der Waals surface area contributed by atoms with Gasteiger partial charge >= 0.3 is 12.6 Å². The highest BCUT2D eigenvalue weighted by Gasteiger charge is 2.38. The normalized spacial score (nSPS) is 21.6. The number of nitrogens with one attached hydrogen (secondary N) is 1. The van der Waals surface area contributed by atoms with E-state index in [2.05, 4.69) is 10.1 Å². The maximum atomic E-state index is 14.0. The first-order chi connectivity index (χ1) is 10.3. The van der Waals surface area contributed by atoms with E-state index in [4.69, 9.17) is 5.11 Å². The van der Waals surface area contributed by atoms with Gasteiger partial charge in [0.2, 0.25) is 5.91 Å². The molecule has 1 amide bonds. The van der Waals surface area contributed by atoms with Crippen LogP contribution in [0.25, 0.3) is 0 Å². The Kier molecular flexibility index (Phi) is 4.53. The zero-order valence-corrected chi connectivity index (χ0v) is 11.0. The molecular weight excluding hydrogens is 310 g/mol. The quantitative estimate of drug-likeness (QED) is 0.830. The van der Waals surface area contributed by atoms with E-state index in [1.165, 1.54) is 0 Å². The predicted octanol–water partition coefficient (Wildman–Crippen LogP) is 1.87. The molecule has 2 N–H and O–H groups in total. The number of ether oxygens (including phenoxy) is 1. The Bertz CT molecular complexity index is 585. The largest absolute Gasteiger partial charge is 0.481 e. The van der Waals surface area contributed by atoms with E-state index in [0.29, 0.717) is 12.1 Å². The number of aliphatic carboxylic acids is 1. The number of hydrogen-bond acceptors (Lipinski definition) is 3. The maximum absolute atomic E-state index is 14.0. The fraction of sp³-hybridized carbons (Fsp3) is 0.385. The third-order valence-electron chi connectivity index (χ3n) is 3.38. The molecule has 0 bridgehead atoms. The Balaban J connectivity index is 2.41. The summed E-state index contributed by atoms with van der Waals surface area (Å²) in [6, 6.07) is 1.08. The second-order valence-corrected chi connectivity index (χ2v) is 4.74. The summed E-state index contributed by atoms with van der Waals surface area (Å²) in [5.74, 6) is -7.51. The Hall–Kier alpha value is -2.32. The molecule has 1 heterocycles. The minimum absolute atomic E-state index is 0.271. The topological polar surface area (TPSA) is 75.6 Å². The number of alkyl halides is 2. The number of rotatable bonds is 4. The van der Waals surface area contributed by atoms with Crippen molar-refractivity contribution in [1.82, 2.24) is 5.32 Å². The van der Waals surface area contributed by atoms with Gasteiger partial charge in [-0.05, 0) is 0 Å². The molecule has 1 aromatic carbocycles.